The van der Waals surface area contributed by atoms with Gasteiger partial charge in [0, 0.05) is 0 Å². The van der Waals surface area contributed by atoms with Gasteiger partial charge in [0.1, 0.15) is 18.3 Å². The SMILES string of the molecule is CC1(C)O[C@H]2[C@@H](C3SCCCS3)OC[C@H]2O1. The first kappa shape index (κ1) is 11.7. The zero-order valence-corrected chi connectivity index (χ0v) is 11.3. The van der Waals surface area contributed by atoms with Gasteiger partial charge in [-0.3, -0.25) is 0 Å². The van der Waals surface area contributed by atoms with Crippen molar-refractivity contribution in [1.82, 2.24) is 0 Å². The quantitative estimate of drug-likeness (QED) is 0.721. The van der Waals surface area contributed by atoms with E-state index in [2.05, 4.69) is 0 Å². The smallest absolute Gasteiger partial charge is 0.164 e. The van der Waals surface area contributed by atoms with Gasteiger partial charge in [-0.15, -0.1) is 23.5 Å². The summed E-state index contributed by atoms with van der Waals surface area (Å²) in [7, 11) is 0. The van der Waals surface area contributed by atoms with Crippen LogP contribution in [0.15, 0.2) is 0 Å². The van der Waals surface area contributed by atoms with Gasteiger partial charge >= 0.3 is 0 Å². The lowest BCUT2D eigenvalue weighted by Crippen LogP contribution is -2.36. The van der Waals surface area contributed by atoms with Crippen molar-refractivity contribution >= 4 is 23.5 Å². The highest BCUT2D eigenvalue weighted by Gasteiger charge is 2.52. The van der Waals surface area contributed by atoms with Crippen LogP contribution in [0.4, 0.5) is 0 Å². The zero-order chi connectivity index (χ0) is 11.2. The van der Waals surface area contributed by atoms with Crippen molar-refractivity contribution in [2.24, 2.45) is 0 Å². The van der Waals surface area contributed by atoms with Crippen LogP contribution in [0, 0.1) is 0 Å². The highest BCUT2D eigenvalue weighted by atomic mass is 32.2. The van der Waals surface area contributed by atoms with E-state index in [1.165, 1.54) is 17.9 Å². The predicted molar refractivity (Wildman–Crippen MR) is 66.9 cm³/mol. The van der Waals surface area contributed by atoms with Crippen LogP contribution in [0.5, 0.6) is 0 Å². The van der Waals surface area contributed by atoms with Gasteiger partial charge in [-0.2, -0.15) is 0 Å². The Kier molecular flexibility index (Phi) is 3.17. The standard InChI is InChI=1S/C11H18O3S2/c1-11(2)13-7-6-12-9(8(7)14-11)10-15-4-3-5-16-10/h7-10H,3-6H2,1-2H3/t7-,8-,9+/m1/s1. The van der Waals surface area contributed by atoms with Gasteiger partial charge in [-0.1, -0.05) is 0 Å². The number of hydrogen-bond donors (Lipinski definition) is 0. The molecule has 0 radical (unpaired) electrons. The lowest BCUT2D eigenvalue weighted by molar-refractivity contribution is -0.173. The first-order valence-electron chi connectivity index (χ1n) is 5.86. The molecule has 3 rings (SSSR count). The topological polar surface area (TPSA) is 27.7 Å². The molecule has 3 nitrogen and oxygen atoms in total. The molecule has 0 aliphatic carbocycles. The minimum absolute atomic E-state index is 0.137. The normalized spacial score (nSPS) is 43.5. The summed E-state index contributed by atoms with van der Waals surface area (Å²) in [4.78, 5) is 0. The van der Waals surface area contributed by atoms with Crippen LogP contribution >= 0.6 is 23.5 Å². The van der Waals surface area contributed by atoms with Crippen molar-refractivity contribution in [3.63, 3.8) is 0 Å². The molecule has 0 unspecified atom stereocenters. The maximum atomic E-state index is 5.96. The maximum Gasteiger partial charge on any atom is 0.164 e. The molecule has 16 heavy (non-hydrogen) atoms. The Labute approximate surface area is 105 Å². The van der Waals surface area contributed by atoms with E-state index in [9.17, 15) is 0 Å². The monoisotopic (exact) mass is 262 g/mol. The number of fused-ring (bicyclic) bond motifs is 1. The molecule has 0 aromatic carbocycles. The van der Waals surface area contributed by atoms with E-state index >= 15 is 0 Å². The van der Waals surface area contributed by atoms with Crippen LogP contribution in [0.1, 0.15) is 20.3 Å². The average Bonchev–Trinajstić information content (AvgIpc) is 2.74. The minimum Gasteiger partial charge on any atom is -0.371 e. The highest BCUT2D eigenvalue weighted by molar-refractivity contribution is 8.17. The Morgan fingerprint density at radius 1 is 1.06 bits per heavy atom. The molecule has 0 aromatic heterocycles. The second-order valence-corrected chi connectivity index (χ2v) is 7.70. The maximum absolute atomic E-state index is 5.96. The molecule has 0 amide bonds. The Bertz CT molecular complexity index is 266. The van der Waals surface area contributed by atoms with Gasteiger partial charge < -0.3 is 14.2 Å². The molecule has 0 spiro atoms. The average molecular weight is 262 g/mol. The molecule has 5 heteroatoms. The summed E-state index contributed by atoms with van der Waals surface area (Å²) >= 11 is 4.02. The fourth-order valence-electron chi connectivity index (χ4n) is 2.50. The number of thioether (sulfide) groups is 2. The van der Waals surface area contributed by atoms with Crippen LogP contribution < -0.4 is 0 Å². The van der Waals surface area contributed by atoms with Gasteiger partial charge in [0.25, 0.3) is 0 Å². The van der Waals surface area contributed by atoms with Gasteiger partial charge in [0.2, 0.25) is 0 Å². The number of hydrogen-bond acceptors (Lipinski definition) is 5. The van der Waals surface area contributed by atoms with Crippen molar-refractivity contribution in [3.05, 3.63) is 0 Å². The Morgan fingerprint density at radius 3 is 2.56 bits per heavy atom. The summed E-state index contributed by atoms with van der Waals surface area (Å²) in [6.07, 6.45) is 1.80. The van der Waals surface area contributed by atoms with Crippen molar-refractivity contribution in [1.29, 1.82) is 0 Å². The van der Waals surface area contributed by atoms with Gasteiger partial charge in [-0.25, -0.2) is 0 Å². The Morgan fingerprint density at radius 2 is 1.81 bits per heavy atom. The van der Waals surface area contributed by atoms with Crippen LogP contribution in [-0.4, -0.2) is 46.8 Å². The van der Waals surface area contributed by atoms with Crippen molar-refractivity contribution in [2.75, 3.05) is 18.1 Å². The van der Waals surface area contributed by atoms with Crippen LogP contribution in [0.3, 0.4) is 0 Å². The number of rotatable bonds is 1. The first-order chi connectivity index (χ1) is 7.66. The molecule has 3 aliphatic heterocycles. The lowest BCUT2D eigenvalue weighted by Gasteiger charge is -2.29. The zero-order valence-electron chi connectivity index (χ0n) is 9.68. The van der Waals surface area contributed by atoms with Crippen molar-refractivity contribution in [3.8, 4) is 0 Å². The van der Waals surface area contributed by atoms with Gasteiger partial charge in [0.05, 0.1) is 11.2 Å². The van der Waals surface area contributed by atoms with Crippen LogP contribution in [0.25, 0.3) is 0 Å². The third-order valence-electron chi connectivity index (χ3n) is 3.12. The molecule has 3 heterocycles. The fourth-order valence-corrected chi connectivity index (χ4v) is 5.58. The van der Waals surface area contributed by atoms with E-state index < -0.39 is 5.79 Å². The fraction of sp³-hybridized carbons (Fsp3) is 1.00. The summed E-state index contributed by atoms with van der Waals surface area (Å²) in [6.45, 7) is 4.67. The molecular weight excluding hydrogens is 244 g/mol. The van der Waals surface area contributed by atoms with E-state index in [1.807, 2.05) is 37.4 Å². The Hall–Kier alpha value is 0.580. The van der Waals surface area contributed by atoms with E-state index in [-0.39, 0.29) is 18.3 Å². The predicted octanol–water partition coefficient (Wildman–Crippen LogP) is 2.10. The van der Waals surface area contributed by atoms with Crippen LogP contribution in [-0.2, 0) is 14.2 Å². The molecule has 0 N–H and O–H groups in total. The molecule has 0 aromatic rings. The summed E-state index contributed by atoms with van der Waals surface area (Å²) in [5.74, 6) is 2.07. The second kappa shape index (κ2) is 4.35. The third-order valence-corrected chi connectivity index (χ3v) is 6.18. The molecule has 92 valence electrons. The van der Waals surface area contributed by atoms with Gasteiger partial charge in [-0.05, 0) is 31.8 Å². The van der Waals surface area contributed by atoms with E-state index in [4.69, 9.17) is 14.2 Å². The molecule has 3 atom stereocenters. The lowest BCUT2D eigenvalue weighted by atomic mass is 10.2. The summed E-state index contributed by atoms with van der Waals surface area (Å²) in [5, 5.41) is 0. The highest BCUT2D eigenvalue weighted by Crippen LogP contribution is 2.43. The van der Waals surface area contributed by atoms with Crippen molar-refractivity contribution < 1.29 is 14.2 Å². The van der Waals surface area contributed by atoms with E-state index in [0.29, 0.717) is 11.2 Å². The molecule has 0 saturated carbocycles. The van der Waals surface area contributed by atoms with Gasteiger partial charge in [0.15, 0.2) is 5.79 Å². The largest absolute Gasteiger partial charge is 0.371 e. The molecule has 0 bridgehead atoms. The summed E-state index contributed by atoms with van der Waals surface area (Å²) < 4.78 is 18.2. The second-order valence-electron chi connectivity index (χ2n) is 4.90. The molecular formula is C11H18O3S2. The third kappa shape index (κ3) is 2.12. The summed E-state index contributed by atoms with van der Waals surface area (Å²) in [5.41, 5.74) is 0. The molecule has 3 fully saturated rings. The van der Waals surface area contributed by atoms with Crippen LogP contribution in [0.2, 0.25) is 0 Å². The van der Waals surface area contributed by atoms with E-state index in [0.717, 1.165) is 0 Å². The minimum atomic E-state index is -0.429. The first-order valence-corrected chi connectivity index (χ1v) is 7.96. The van der Waals surface area contributed by atoms with Crippen molar-refractivity contribution in [2.45, 2.75) is 48.9 Å². The number of ether oxygens (including phenoxy) is 3. The molecule has 3 aliphatic rings. The Balaban J connectivity index is 1.68. The molecule has 3 saturated heterocycles. The summed E-state index contributed by atoms with van der Waals surface area (Å²) in [6, 6.07) is 0. The van der Waals surface area contributed by atoms with E-state index in [1.54, 1.807) is 0 Å².